The second kappa shape index (κ2) is 8.50. The van der Waals surface area contributed by atoms with Crippen molar-refractivity contribution in [3.05, 3.63) is 51.8 Å². The first-order valence-electron chi connectivity index (χ1n) is 9.38. The second-order valence-corrected chi connectivity index (χ2v) is 7.37. The van der Waals surface area contributed by atoms with E-state index in [0.717, 1.165) is 23.9 Å². The molecule has 1 amide bonds. The average molecular weight is 451 g/mol. The summed E-state index contributed by atoms with van der Waals surface area (Å²) in [6.07, 6.45) is -3.87. The summed E-state index contributed by atoms with van der Waals surface area (Å²) in [6, 6.07) is 1.01. The van der Waals surface area contributed by atoms with Crippen LogP contribution in [0.5, 0.6) is 0 Å². The van der Waals surface area contributed by atoms with Gasteiger partial charge in [0.25, 0.3) is 5.91 Å². The Morgan fingerprint density at radius 3 is 2.53 bits per heavy atom. The van der Waals surface area contributed by atoms with Crippen LogP contribution in [0, 0.1) is 11.6 Å². The van der Waals surface area contributed by atoms with Crippen molar-refractivity contribution in [2.75, 3.05) is 19.6 Å². The van der Waals surface area contributed by atoms with Crippen molar-refractivity contribution in [1.82, 2.24) is 20.4 Å². The van der Waals surface area contributed by atoms with E-state index >= 15 is 0 Å². The molecule has 2 N–H and O–H groups in total. The number of alkyl halides is 3. The first-order chi connectivity index (χ1) is 13.8. The molecular formula is C19H20ClF5N4O. The summed E-state index contributed by atoms with van der Waals surface area (Å²) in [5.74, 6) is -3.61. The van der Waals surface area contributed by atoms with Crippen LogP contribution in [0.2, 0.25) is 0 Å². The Morgan fingerprint density at radius 1 is 1.17 bits per heavy atom. The van der Waals surface area contributed by atoms with Gasteiger partial charge in [0.2, 0.25) is 0 Å². The van der Waals surface area contributed by atoms with Crippen molar-refractivity contribution in [3.8, 4) is 0 Å². The molecule has 1 aromatic heterocycles. The fourth-order valence-electron chi connectivity index (χ4n) is 4.18. The number of hydrogen-bond acceptors (Lipinski definition) is 3. The third-order valence-corrected chi connectivity index (χ3v) is 5.60. The van der Waals surface area contributed by atoms with Gasteiger partial charge in [-0.1, -0.05) is 0 Å². The number of rotatable bonds is 2. The number of nitrogens with one attached hydrogen (secondary N) is 2. The topological polar surface area (TPSA) is 61.0 Å². The molecule has 0 radical (unpaired) electrons. The lowest BCUT2D eigenvalue weighted by atomic mass is 9.85. The van der Waals surface area contributed by atoms with E-state index in [-0.39, 0.29) is 55.9 Å². The number of halogens is 6. The lowest BCUT2D eigenvalue weighted by molar-refractivity contribution is -0.141. The molecule has 2 aromatic rings. The number of benzene rings is 1. The Hall–Kier alpha value is -2.20. The lowest BCUT2D eigenvalue weighted by Gasteiger charge is -2.33. The number of likely N-dealkylation sites (tertiary alicyclic amines) is 1. The number of amides is 1. The minimum atomic E-state index is -4.91. The Bertz CT molecular complexity index is 938. The zero-order valence-corrected chi connectivity index (χ0v) is 16.6. The third kappa shape index (κ3) is 4.15. The van der Waals surface area contributed by atoms with Gasteiger partial charge in [-0.25, -0.2) is 8.78 Å². The van der Waals surface area contributed by atoms with Gasteiger partial charge in [-0.15, -0.1) is 12.4 Å². The number of carbonyl (C=O) groups excluding carboxylic acids is 1. The molecule has 30 heavy (non-hydrogen) atoms. The van der Waals surface area contributed by atoms with Gasteiger partial charge in [0.05, 0.1) is 11.3 Å². The SMILES string of the molecule is Cl.O=C(c1n[nH]c2c1CCNC2)N1CCC(c2cc(F)cc(F)c2C(F)(F)F)CC1. The van der Waals surface area contributed by atoms with Crippen molar-refractivity contribution < 1.29 is 26.7 Å². The molecule has 5 nitrogen and oxygen atoms in total. The number of carbonyl (C=O) groups is 1. The molecule has 0 spiro atoms. The molecule has 4 rings (SSSR count). The van der Waals surface area contributed by atoms with E-state index in [9.17, 15) is 26.7 Å². The van der Waals surface area contributed by atoms with Crippen LogP contribution in [0.25, 0.3) is 0 Å². The first-order valence-corrected chi connectivity index (χ1v) is 9.38. The monoisotopic (exact) mass is 450 g/mol. The smallest absolute Gasteiger partial charge is 0.337 e. The van der Waals surface area contributed by atoms with E-state index in [1.54, 1.807) is 0 Å². The molecule has 0 atom stereocenters. The maximum Gasteiger partial charge on any atom is 0.419 e. The van der Waals surface area contributed by atoms with Crippen LogP contribution in [-0.2, 0) is 19.1 Å². The molecular weight excluding hydrogens is 431 g/mol. The van der Waals surface area contributed by atoms with Crippen LogP contribution in [-0.4, -0.2) is 40.6 Å². The van der Waals surface area contributed by atoms with Crippen LogP contribution in [0.4, 0.5) is 22.0 Å². The third-order valence-electron chi connectivity index (χ3n) is 5.60. The summed E-state index contributed by atoms with van der Waals surface area (Å²) in [5.41, 5.74) is 0.262. The van der Waals surface area contributed by atoms with Gasteiger partial charge in [-0.05, 0) is 43.4 Å². The standard InChI is InChI=1S/C19H19F5N4O.ClH/c20-11-7-13(16(14(21)8-11)19(22,23)24)10-2-5-28(6-3-10)18(29)17-12-1-4-25-9-15(12)26-27-17;/h7-8,10,25H,1-6,9H2,(H,26,27);1H. The van der Waals surface area contributed by atoms with Crippen molar-refractivity contribution in [2.24, 2.45) is 0 Å². The highest BCUT2D eigenvalue weighted by molar-refractivity contribution is 5.94. The molecule has 1 saturated heterocycles. The number of piperidine rings is 1. The highest BCUT2D eigenvalue weighted by atomic mass is 35.5. The fourth-order valence-corrected chi connectivity index (χ4v) is 4.18. The van der Waals surface area contributed by atoms with Gasteiger partial charge in [0.1, 0.15) is 11.6 Å². The van der Waals surface area contributed by atoms with E-state index in [1.807, 2.05) is 0 Å². The minimum absolute atomic E-state index is 0. The highest BCUT2D eigenvalue weighted by Gasteiger charge is 2.40. The predicted molar refractivity (Wildman–Crippen MR) is 100 cm³/mol. The normalized spacial score (nSPS) is 17.4. The zero-order valence-electron chi connectivity index (χ0n) is 15.8. The summed E-state index contributed by atoms with van der Waals surface area (Å²) in [4.78, 5) is 14.4. The van der Waals surface area contributed by atoms with E-state index < -0.39 is 29.3 Å². The van der Waals surface area contributed by atoms with Gasteiger partial charge in [-0.3, -0.25) is 9.89 Å². The van der Waals surface area contributed by atoms with E-state index in [1.165, 1.54) is 4.90 Å². The molecule has 0 aliphatic carbocycles. The number of aromatic amines is 1. The first kappa shape index (κ1) is 22.5. The molecule has 3 heterocycles. The predicted octanol–water partition coefficient (Wildman–Crippen LogP) is 3.79. The summed E-state index contributed by atoms with van der Waals surface area (Å²) >= 11 is 0. The van der Waals surface area contributed by atoms with Crippen molar-refractivity contribution in [2.45, 2.75) is 37.9 Å². The van der Waals surface area contributed by atoms with Gasteiger partial charge in [0, 0.05) is 31.3 Å². The summed E-state index contributed by atoms with van der Waals surface area (Å²) in [6.45, 7) is 1.72. The van der Waals surface area contributed by atoms with Crippen molar-refractivity contribution in [3.63, 3.8) is 0 Å². The lowest BCUT2D eigenvalue weighted by Crippen LogP contribution is -2.39. The molecule has 11 heteroatoms. The van der Waals surface area contributed by atoms with Crippen LogP contribution in [0.1, 0.15) is 51.6 Å². The Kier molecular flexibility index (Phi) is 6.37. The Morgan fingerprint density at radius 2 is 1.87 bits per heavy atom. The largest absolute Gasteiger partial charge is 0.419 e. The van der Waals surface area contributed by atoms with Crippen LogP contribution >= 0.6 is 12.4 Å². The van der Waals surface area contributed by atoms with Gasteiger partial charge in [0.15, 0.2) is 5.69 Å². The molecule has 2 aliphatic rings. The number of hydrogen-bond donors (Lipinski definition) is 2. The van der Waals surface area contributed by atoms with Gasteiger partial charge in [-0.2, -0.15) is 18.3 Å². The van der Waals surface area contributed by atoms with Crippen molar-refractivity contribution >= 4 is 18.3 Å². The highest BCUT2D eigenvalue weighted by Crippen LogP contribution is 2.40. The number of aromatic nitrogens is 2. The van der Waals surface area contributed by atoms with E-state index in [0.29, 0.717) is 18.7 Å². The van der Waals surface area contributed by atoms with Crippen LogP contribution in [0.3, 0.4) is 0 Å². The quantitative estimate of drug-likeness (QED) is 0.684. The number of nitrogens with zero attached hydrogens (tertiary/aromatic N) is 2. The summed E-state index contributed by atoms with van der Waals surface area (Å²) < 4.78 is 67.4. The maximum atomic E-state index is 13.9. The molecule has 0 saturated carbocycles. The van der Waals surface area contributed by atoms with Crippen LogP contribution in [0.15, 0.2) is 12.1 Å². The number of fused-ring (bicyclic) bond motifs is 1. The Balaban J connectivity index is 0.00000256. The average Bonchev–Trinajstić information content (AvgIpc) is 3.10. The Labute approximate surface area is 175 Å². The molecule has 164 valence electrons. The second-order valence-electron chi connectivity index (χ2n) is 7.37. The maximum absolute atomic E-state index is 13.9. The molecule has 1 fully saturated rings. The van der Waals surface area contributed by atoms with Gasteiger partial charge >= 0.3 is 6.18 Å². The van der Waals surface area contributed by atoms with Crippen molar-refractivity contribution in [1.29, 1.82) is 0 Å². The molecule has 0 unspecified atom stereocenters. The summed E-state index contributed by atoms with van der Waals surface area (Å²) in [7, 11) is 0. The number of H-pyrrole nitrogens is 1. The molecule has 1 aromatic carbocycles. The van der Waals surface area contributed by atoms with Gasteiger partial charge < -0.3 is 10.2 Å². The summed E-state index contributed by atoms with van der Waals surface area (Å²) in [5, 5.41) is 10.1. The zero-order chi connectivity index (χ0) is 20.8. The minimum Gasteiger partial charge on any atom is -0.337 e. The fraction of sp³-hybridized carbons (Fsp3) is 0.474. The van der Waals surface area contributed by atoms with E-state index in [4.69, 9.17) is 0 Å². The van der Waals surface area contributed by atoms with E-state index in [2.05, 4.69) is 15.5 Å². The molecule has 2 aliphatic heterocycles. The van der Waals surface area contributed by atoms with Crippen LogP contribution < -0.4 is 5.32 Å². The molecule has 0 bridgehead atoms.